The highest BCUT2D eigenvalue weighted by molar-refractivity contribution is 6.12. The van der Waals surface area contributed by atoms with E-state index in [0.29, 0.717) is 6.54 Å². The summed E-state index contributed by atoms with van der Waals surface area (Å²) in [7, 11) is 0. The molecule has 5 heteroatoms. The van der Waals surface area contributed by atoms with Crippen LogP contribution in [0.4, 0.5) is 0 Å². The minimum atomic E-state index is -0.251. The summed E-state index contributed by atoms with van der Waals surface area (Å²) in [5, 5.41) is 19.3. The van der Waals surface area contributed by atoms with Gasteiger partial charge in [-0.1, -0.05) is 97.1 Å². The van der Waals surface area contributed by atoms with Gasteiger partial charge in [0.15, 0.2) is 0 Å². The fraction of sp³-hybridized carbons (Fsp3) is 0.0789. The van der Waals surface area contributed by atoms with Crippen LogP contribution < -0.4 is 16.0 Å². The van der Waals surface area contributed by atoms with Crippen LogP contribution >= 0.6 is 0 Å². The van der Waals surface area contributed by atoms with Crippen LogP contribution in [0.15, 0.2) is 131 Å². The van der Waals surface area contributed by atoms with Crippen molar-refractivity contribution in [1.29, 1.82) is 0 Å². The third-order valence-corrected chi connectivity index (χ3v) is 8.77. The van der Waals surface area contributed by atoms with Crippen molar-refractivity contribution < 1.29 is 4.42 Å². The number of rotatable bonds is 3. The molecule has 0 bridgehead atoms. The summed E-state index contributed by atoms with van der Waals surface area (Å²) in [5.41, 5.74) is 5.31. The molecule has 3 N–H and O–H groups in total. The van der Waals surface area contributed by atoms with Crippen molar-refractivity contribution in [3.05, 3.63) is 149 Å². The zero-order valence-corrected chi connectivity index (χ0v) is 23.3. The molecule has 1 aromatic heterocycles. The van der Waals surface area contributed by atoms with Crippen LogP contribution in [0.1, 0.15) is 40.3 Å². The van der Waals surface area contributed by atoms with E-state index < -0.39 is 0 Å². The topological polar surface area (TPSA) is 61.6 Å². The Balaban J connectivity index is 1.21. The van der Waals surface area contributed by atoms with Crippen LogP contribution in [0.5, 0.6) is 0 Å². The molecule has 43 heavy (non-hydrogen) atoms. The summed E-state index contributed by atoms with van der Waals surface area (Å²) in [6.45, 7) is 0.676. The van der Waals surface area contributed by atoms with E-state index >= 15 is 0 Å². The lowest BCUT2D eigenvalue weighted by Crippen LogP contribution is -2.45. The lowest BCUT2D eigenvalue weighted by Gasteiger charge is -2.32. The van der Waals surface area contributed by atoms with Gasteiger partial charge in [-0.3, -0.25) is 5.32 Å². The van der Waals surface area contributed by atoms with E-state index in [-0.39, 0.29) is 12.3 Å². The molecule has 2 aliphatic heterocycles. The average molecular weight is 557 g/mol. The fourth-order valence-corrected chi connectivity index (χ4v) is 6.65. The minimum absolute atomic E-state index is 0.149. The Bertz CT molecular complexity index is 2280. The summed E-state index contributed by atoms with van der Waals surface area (Å²) < 4.78 is 6.26. The van der Waals surface area contributed by atoms with E-state index in [0.717, 1.165) is 44.8 Å². The number of nitrogens with zero attached hydrogens (tertiary/aromatic N) is 1. The maximum absolute atomic E-state index is 6.26. The largest absolute Gasteiger partial charge is 0.459 e. The van der Waals surface area contributed by atoms with Crippen LogP contribution in [0.2, 0.25) is 0 Å². The average Bonchev–Trinajstić information content (AvgIpc) is 3.46. The van der Waals surface area contributed by atoms with Crippen molar-refractivity contribution in [1.82, 2.24) is 16.0 Å². The molecule has 0 radical (unpaired) electrons. The van der Waals surface area contributed by atoms with Crippen LogP contribution in [0.25, 0.3) is 49.4 Å². The molecular formula is C38H28N4O. The number of hydrogen-bond donors (Lipinski definition) is 3. The van der Waals surface area contributed by atoms with Crippen molar-refractivity contribution in [3.8, 4) is 0 Å². The van der Waals surface area contributed by atoms with E-state index in [4.69, 9.17) is 9.41 Å². The highest BCUT2D eigenvalue weighted by Crippen LogP contribution is 2.35. The Kier molecular flexibility index (Phi) is 5.40. The van der Waals surface area contributed by atoms with Gasteiger partial charge >= 0.3 is 0 Å². The van der Waals surface area contributed by atoms with Gasteiger partial charge < -0.3 is 15.1 Å². The summed E-state index contributed by atoms with van der Waals surface area (Å²) in [5.74, 6) is 1.80. The summed E-state index contributed by atoms with van der Waals surface area (Å²) >= 11 is 0. The fourth-order valence-electron chi connectivity index (χ4n) is 6.65. The van der Waals surface area contributed by atoms with Crippen molar-refractivity contribution >= 4 is 55.2 Å². The molecule has 3 heterocycles. The summed E-state index contributed by atoms with van der Waals surface area (Å²) in [6.07, 6.45) is 3.69. The van der Waals surface area contributed by atoms with Crippen LogP contribution in [-0.4, -0.2) is 5.84 Å². The molecule has 0 fully saturated rings. The van der Waals surface area contributed by atoms with E-state index in [1.54, 1.807) is 0 Å². The van der Waals surface area contributed by atoms with Crippen molar-refractivity contribution in [2.45, 2.75) is 18.9 Å². The van der Waals surface area contributed by atoms with Gasteiger partial charge in [-0.25, -0.2) is 4.99 Å². The van der Waals surface area contributed by atoms with Crippen molar-refractivity contribution in [2.24, 2.45) is 4.99 Å². The molecule has 7 aromatic rings. The van der Waals surface area contributed by atoms with Gasteiger partial charge in [0.25, 0.3) is 0 Å². The van der Waals surface area contributed by atoms with Crippen LogP contribution in [0.3, 0.4) is 0 Å². The number of fused-ring (bicyclic) bond motifs is 7. The Morgan fingerprint density at radius 2 is 1.44 bits per heavy atom. The molecule has 5 nitrogen and oxygen atoms in total. The molecule has 0 aliphatic carbocycles. The maximum Gasteiger partial charge on any atom is 0.135 e. The number of hydrogen-bond acceptors (Lipinski definition) is 5. The predicted molar refractivity (Wildman–Crippen MR) is 176 cm³/mol. The molecular weight excluding hydrogens is 528 g/mol. The standard InChI is InChI=1S/C38H28N4O/c1-2-8-25-20-27(15-12-23(25)6-1)36-40-37(28-16-17-30-26(21-28)14-13-24-7-3-4-9-29(24)30)42-38(41-36)32-10-5-11-33-35(32)31-18-19-39-22-34(31)43-33/h1-21,36-37,39-40H,22H2,(H,41,42). The van der Waals surface area contributed by atoms with E-state index in [1.807, 2.05) is 12.3 Å². The van der Waals surface area contributed by atoms with Gasteiger partial charge in [0.05, 0.1) is 6.54 Å². The maximum atomic E-state index is 6.26. The van der Waals surface area contributed by atoms with E-state index in [2.05, 4.69) is 131 Å². The highest BCUT2D eigenvalue weighted by Gasteiger charge is 2.28. The second-order valence-corrected chi connectivity index (χ2v) is 11.3. The molecule has 0 spiro atoms. The predicted octanol–water partition coefficient (Wildman–Crippen LogP) is 8.30. The minimum Gasteiger partial charge on any atom is -0.459 e. The molecule has 2 atom stereocenters. The van der Waals surface area contributed by atoms with Gasteiger partial charge in [-0.15, -0.1) is 0 Å². The molecule has 6 aromatic carbocycles. The zero-order valence-electron chi connectivity index (χ0n) is 23.3. The lowest BCUT2D eigenvalue weighted by molar-refractivity contribution is 0.409. The van der Waals surface area contributed by atoms with E-state index in [1.165, 1.54) is 32.3 Å². The number of nitrogens with one attached hydrogen (secondary N) is 3. The van der Waals surface area contributed by atoms with Crippen LogP contribution in [0, 0.1) is 0 Å². The van der Waals surface area contributed by atoms with Gasteiger partial charge in [0, 0.05) is 16.5 Å². The second kappa shape index (κ2) is 9.58. The third-order valence-electron chi connectivity index (χ3n) is 8.77. The normalized spacial score (nSPS) is 18.0. The Morgan fingerprint density at radius 1 is 0.674 bits per heavy atom. The Labute approximate surface area is 248 Å². The van der Waals surface area contributed by atoms with Crippen molar-refractivity contribution in [3.63, 3.8) is 0 Å². The number of amidine groups is 1. The second-order valence-electron chi connectivity index (χ2n) is 11.3. The number of aliphatic imine (C=N–C) groups is 1. The summed E-state index contributed by atoms with van der Waals surface area (Å²) in [6, 6.07) is 41.1. The molecule has 9 rings (SSSR count). The van der Waals surface area contributed by atoms with Gasteiger partial charge in [0.1, 0.15) is 29.5 Å². The number of benzene rings is 6. The van der Waals surface area contributed by atoms with Gasteiger partial charge in [-0.2, -0.15) is 0 Å². The highest BCUT2D eigenvalue weighted by atomic mass is 16.3. The van der Waals surface area contributed by atoms with Gasteiger partial charge in [-0.05, 0) is 73.9 Å². The first-order valence-electron chi connectivity index (χ1n) is 14.7. The van der Waals surface area contributed by atoms with Crippen molar-refractivity contribution in [2.75, 3.05) is 0 Å². The quantitative estimate of drug-likeness (QED) is 0.192. The summed E-state index contributed by atoms with van der Waals surface area (Å²) in [4.78, 5) is 5.32. The van der Waals surface area contributed by atoms with Gasteiger partial charge in [0.2, 0.25) is 0 Å². The monoisotopic (exact) mass is 556 g/mol. The Hall–Kier alpha value is -5.39. The molecule has 206 valence electrons. The molecule has 2 aliphatic rings. The third kappa shape index (κ3) is 4.01. The molecule has 2 unspecified atom stereocenters. The number of furan rings is 1. The van der Waals surface area contributed by atoms with E-state index in [9.17, 15) is 0 Å². The zero-order chi connectivity index (χ0) is 28.3. The SMILES string of the molecule is C1=Cc2c(oc3cccc(C4=NC(c5ccc6c(ccc7ccccc76)c5)NC(c5ccc6ccccc6c5)N4)c23)CN1. The first-order chi connectivity index (χ1) is 21.3. The first-order valence-corrected chi connectivity index (χ1v) is 14.7. The Morgan fingerprint density at radius 3 is 2.40 bits per heavy atom. The van der Waals surface area contributed by atoms with Crippen LogP contribution in [-0.2, 0) is 6.54 Å². The smallest absolute Gasteiger partial charge is 0.135 e. The first kappa shape index (κ1) is 24.2. The lowest BCUT2D eigenvalue weighted by atomic mass is 9.98. The molecule has 0 saturated heterocycles. The molecule has 0 amide bonds. The molecule has 0 saturated carbocycles.